The van der Waals surface area contributed by atoms with E-state index in [-0.39, 0.29) is 17.8 Å². The van der Waals surface area contributed by atoms with E-state index in [1.807, 2.05) is 31.2 Å². The summed E-state index contributed by atoms with van der Waals surface area (Å²) in [7, 11) is 0. The van der Waals surface area contributed by atoms with Gasteiger partial charge in [-0.3, -0.25) is 4.90 Å². The Kier molecular flexibility index (Phi) is 2.66. The summed E-state index contributed by atoms with van der Waals surface area (Å²) in [4.78, 5) is 13.9. The Balaban J connectivity index is 1.84. The van der Waals surface area contributed by atoms with E-state index in [4.69, 9.17) is 4.74 Å². The number of nitrogens with zero attached hydrogens (tertiary/aromatic N) is 1. The number of nitrogens with one attached hydrogen (secondary N) is 1. The van der Waals surface area contributed by atoms with Crippen LogP contribution in [0.5, 0.6) is 5.75 Å². The first-order valence-corrected chi connectivity index (χ1v) is 7.22. The molecule has 2 amide bonds. The molecular weight excluding hydrogens is 283 g/mol. The van der Waals surface area contributed by atoms with Crippen molar-refractivity contribution in [1.29, 1.82) is 0 Å². The van der Waals surface area contributed by atoms with Gasteiger partial charge < -0.3 is 10.1 Å². The molecule has 0 spiro atoms. The standard InChI is InChI=1S/C17H15FN2O2/c1-17-10-13(11-6-2-5-9-15(11)22-17)19-16(21)20(17)14-8-4-3-7-12(14)18/h2-9,13H,10H2,1H3,(H,19,21)/t13-,17+/m1/s1. The van der Waals surface area contributed by atoms with Crippen molar-refractivity contribution in [2.75, 3.05) is 4.90 Å². The third-order valence-electron chi connectivity index (χ3n) is 4.27. The van der Waals surface area contributed by atoms with Gasteiger partial charge in [-0.15, -0.1) is 0 Å². The summed E-state index contributed by atoms with van der Waals surface area (Å²) in [5.74, 6) is 0.280. The molecule has 1 N–H and O–H groups in total. The van der Waals surface area contributed by atoms with E-state index in [1.165, 1.54) is 11.0 Å². The van der Waals surface area contributed by atoms with Gasteiger partial charge in [0, 0.05) is 12.0 Å². The Hall–Kier alpha value is -2.56. The van der Waals surface area contributed by atoms with Crippen molar-refractivity contribution in [1.82, 2.24) is 5.32 Å². The zero-order chi connectivity index (χ0) is 15.3. The number of urea groups is 1. The van der Waals surface area contributed by atoms with E-state index in [1.54, 1.807) is 18.2 Å². The number of carbonyl (C=O) groups is 1. The van der Waals surface area contributed by atoms with E-state index in [0.717, 1.165) is 11.3 Å². The minimum atomic E-state index is -0.913. The predicted octanol–water partition coefficient (Wildman–Crippen LogP) is 3.60. The summed E-state index contributed by atoms with van der Waals surface area (Å²) in [5.41, 5.74) is 0.269. The van der Waals surface area contributed by atoms with Crippen molar-refractivity contribution < 1.29 is 13.9 Å². The molecule has 0 aromatic heterocycles. The first-order chi connectivity index (χ1) is 10.6. The van der Waals surface area contributed by atoms with Crippen molar-refractivity contribution in [3.05, 3.63) is 59.9 Å². The maximum absolute atomic E-state index is 14.2. The third-order valence-corrected chi connectivity index (χ3v) is 4.27. The molecule has 0 radical (unpaired) electrons. The van der Waals surface area contributed by atoms with Gasteiger partial charge in [0.05, 0.1) is 11.7 Å². The number of rotatable bonds is 1. The van der Waals surface area contributed by atoms with Crippen LogP contribution < -0.4 is 15.0 Å². The molecule has 22 heavy (non-hydrogen) atoms. The molecule has 0 aliphatic carbocycles. The molecule has 2 atom stereocenters. The van der Waals surface area contributed by atoms with Gasteiger partial charge in [-0.1, -0.05) is 30.3 Å². The minimum absolute atomic E-state index is 0.120. The number of hydrogen-bond donors (Lipinski definition) is 1. The lowest BCUT2D eigenvalue weighted by Gasteiger charge is -2.50. The lowest BCUT2D eigenvalue weighted by atomic mass is 9.90. The van der Waals surface area contributed by atoms with Crippen molar-refractivity contribution >= 4 is 11.7 Å². The predicted molar refractivity (Wildman–Crippen MR) is 80.2 cm³/mol. The Morgan fingerprint density at radius 1 is 1.23 bits per heavy atom. The smallest absolute Gasteiger partial charge is 0.325 e. The van der Waals surface area contributed by atoms with Gasteiger partial charge in [0.25, 0.3) is 0 Å². The molecule has 112 valence electrons. The van der Waals surface area contributed by atoms with Gasteiger partial charge in [0.1, 0.15) is 11.6 Å². The fourth-order valence-corrected chi connectivity index (χ4v) is 3.32. The van der Waals surface area contributed by atoms with Crippen LogP contribution in [0, 0.1) is 5.82 Å². The molecule has 2 bridgehead atoms. The molecule has 2 aromatic carbocycles. The second-order valence-corrected chi connectivity index (χ2v) is 5.81. The molecule has 2 heterocycles. The first-order valence-electron chi connectivity index (χ1n) is 7.22. The van der Waals surface area contributed by atoms with Gasteiger partial charge in [0.15, 0.2) is 5.72 Å². The van der Waals surface area contributed by atoms with Crippen LogP contribution >= 0.6 is 0 Å². The molecule has 0 saturated carbocycles. The average Bonchev–Trinajstić information content (AvgIpc) is 2.48. The van der Waals surface area contributed by atoms with Gasteiger partial charge in [-0.2, -0.15) is 0 Å². The van der Waals surface area contributed by atoms with E-state index in [0.29, 0.717) is 6.42 Å². The van der Waals surface area contributed by atoms with Crippen LogP contribution in [0.4, 0.5) is 14.9 Å². The van der Waals surface area contributed by atoms with Gasteiger partial charge >= 0.3 is 6.03 Å². The number of hydrogen-bond acceptors (Lipinski definition) is 2. The van der Waals surface area contributed by atoms with Crippen LogP contribution in [0.15, 0.2) is 48.5 Å². The van der Waals surface area contributed by atoms with E-state index < -0.39 is 11.5 Å². The Bertz CT molecular complexity index is 764. The Morgan fingerprint density at radius 3 is 2.77 bits per heavy atom. The number of amides is 2. The molecule has 0 unspecified atom stereocenters. The van der Waals surface area contributed by atoms with Crippen LogP contribution in [0.2, 0.25) is 0 Å². The first kappa shape index (κ1) is 13.1. The monoisotopic (exact) mass is 298 g/mol. The third kappa shape index (κ3) is 1.78. The molecule has 2 aliphatic heterocycles. The number of carbonyl (C=O) groups excluding carboxylic acids is 1. The topological polar surface area (TPSA) is 41.6 Å². The Morgan fingerprint density at radius 2 is 1.95 bits per heavy atom. The molecule has 4 nitrogen and oxygen atoms in total. The number of fused-ring (bicyclic) bond motifs is 4. The number of anilines is 1. The summed E-state index contributed by atoms with van der Waals surface area (Å²) in [5, 5.41) is 2.95. The summed E-state index contributed by atoms with van der Waals surface area (Å²) in [6.07, 6.45) is 0.560. The highest BCUT2D eigenvalue weighted by Crippen LogP contribution is 2.45. The lowest BCUT2D eigenvalue weighted by molar-refractivity contribution is 0.0373. The van der Waals surface area contributed by atoms with Crippen LogP contribution in [0.1, 0.15) is 24.9 Å². The number of ether oxygens (including phenoxy) is 1. The molecule has 2 aromatic rings. The van der Waals surface area contributed by atoms with Crippen LogP contribution in [-0.2, 0) is 0 Å². The van der Waals surface area contributed by atoms with Crippen molar-refractivity contribution in [3.8, 4) is 5.75 Å². The van der Waals surface area contributed by atoms with Gasteiger partial charge in [-0.05, 0) is 25.1 Å². The molecule has 2 aliphatic rings. The largest absolute Gasteiger partial charge is 0.467 e. The summed E-state index contributed by atoms with van der Waals surface area (Å²) in [6.45, 7) is 1.82. The maximum atomic E-state index is 14.2. The van der Waals surface area contributed by atoms with E-state index in [9.17, 15) is 9.18 Å². The lowest BCUT2D eigenvalue weighted by Crippen LogP contribution is -2.65. The number of halogens is 1. The van der Waals surface area contributed by atoms with Crippen LogP contribution in [-0.4, -0.2) is 11.8 Å². The minimum Gasteiger partial charge on any atom is -0.467 e. The molecular formula is C17H15FN2O2. The van der Waals surface area contributed by atoms with Crippen LogP contribution in [0.25, 0.3) is 0 Å². The number of benzene rings is 2. The molecule has 5 heteroatoms. The SMILES string of the molecule is C[C@]12C[C@@H](NC(=O)N1c1ccccc1F)c1ccccc1O2. The highest BCUT2D eigenvalue weighted by atomic mass is 19.1. The van der Waals surface area contributed by atoms with Gasteiger partial charge in [0.2, 0.25) is 0 Å². The molecule has 1 saturated heterocycles. The second kappa shape index (κ2) is 4.47. The summed E-state index contributed by atoms with van der Waals surface area (Å²) in [6, 6.07) is 13.4. The van der Waals surface area contributed by atoms with Crippen molar-refractivity contribution in [2.45, 2.75) is 25.1 Å². The van der Waals surface area contributed by atoms with Crippen molar-refractivity contribution in [3.63, 3.8) is 0 Å². The normalized spacial score (nSPS) is 26.0. The fraction of sp³-hybridized carbons (Fsp3) is 0.235. The second-order valence-electron chi connectivity index (χ2n) is 5.81. The van der Waals surface area contributed by atoms with E-state index >= 15 is 0 Å². The van der Waals surface area contributed by atoms with Crippen LogP contribution in [0.3, 0.4) is 0 Å². The quantitative estimate of drug-likeness (QED) is 0.874. The zero-order valence-corrected chi connectivity index (χ0v) is 12.0. The number of para-hydroxylation sites is 2. The molecule has 4 rings (SSSR count). The summed E-state index contributed by atoms with van der Waals surface area (Å²) >= 11 is 0. The fourth-order valence-electron chi connectivity index (χ4n) is 3.32. The van der Waals surface area contributed by atoms with E-state index in [2.05, 4.69) is 5.32 Å². The molecule has 1 fully saturated rings. The highest BCUT2D eigenvalue weighted by Gasteiger charge is 2.50. The maximum Gasteiger partial charge on any atom is 0.325 e. The van der Waals surface area contributed by atoms with Gasteiger partial charge in [-0.25, -0.2) is 9.18 Å². The summed E-state index contributed by atoms with van der Waals surface area (Å²) < 4.78 is 20.2. The highest BCUT2D eigenvalue weighted by molar-refractivity contribution is 5.95. The Labute approximate surface area is 127 Å². The van der Waals surface area contributed by atoms with Crippen molar-refractivity contribution in [2.24, 2.45) is 0 Å². The zero-order valence-electron chi connectivity index (χ0n) is 12.0. The average molecular weight is 298 g/mol.